The number of hydrogen-bond donors (Lipinski definition) is 2. The van der Waals surface area contributed by atoms with Crippen LogP contribution in [-0.4, -0.2) is 29.9 Å². The van der Waals surface area contributed by atoms with E-state index in [1.165, 1.54) is 24.3 Å². The number of fused-ring (bicyclic) bond motifs is 1. The number of hydrogen-bond acceptors (Lipinski definition) is 4. The number of amides is 2. The molecular weight excluding hydrogens is 419 g/mol. The van der Waals surface area contributed by atoms with E-state index in [9.17, 15) is 19.2 Å². The van der Waals surface area contributed by atoms with Crippen molar-refractivity contribution in [3.63, 3.8) is 0 Å². The number of carbonyl (C=O) groups excluding carboxylic acids is 2. The molecule has 1 atom stereocenters. The van der Waals surface area contributed by atoms with Crippen molar-refractivity contribution >= 4 is 23.2 Å². The molecule has 0 bridgehead atoms. The van der Waals surface area contributed by atoms with Gasteiger partial charge in [-0.25, -0.2) is 4.39 Å². The molecular formula is C26H29FN4O2. The minimum Gasteiger partial charge on any atom is -0.359 e. The Balaban J connectivity index is 1.53. The average molecular weight is 449 g/mol. The quantitative estimate of drug-likeness (QED) is 0.702. The van der Waals surface area contributed by atoms with Crippen molar-refractivity contribution in [2.75, 3.05) is 16.8 Å². The Morgan fingerprint density at radius 1 is 1.09 bits per heavy atom. The standard InChI is InChI=1S/C26H29FN4O2/c1-18(24(32)30-26(17-28)14-3-2-4-15-26)31-16-6-7-21-22(8-5-9-23(21)31)29-25(33)19-10-12-20(27)13-11-19/h5,8-13,18H,2-4,6-7,14-16H2,1H3,(H,29,33)(H,30,32). The van der Waals surface area contributed by atoms with Crippen LogP contribution in [0.4, 0.5) is 15.8 Å². The van der Waals surface area contributed by atoms with Crippen LogP contribution < -0.4 is 15.5 Å². The fraction of sp³-hybridized carbons (Fsp3) is 0.423. The Labute approximate surface area is 193 Å². The van der Waals surface area contributed by atoms with Gasteiger partial charge in [-0.3, -0.25) is 9.59 Å². The molecule has 2 aromatic carbocycles. The number of benzene rings is 2. The second-order valence-electron chi connectivity index (χ2n) is 8.98. The summed E-state index contributed by atoms with van der Waals surface area (Å²) in [6, 6.07) is 13.0. The maximum Gasteiger partial charge on any atom is 0.255 e. The smallest absolute Gasteiger partial charge is 0.255 e. The van der Waals surface area contributed by atoms with Gasteiger partial charge in [0.2, 0.25) is 5.91 Å². The number of anilines is 2. The van der Waals surface area contributed by atoms with Crippen molar-refractivity contribution in [3.05, 3.63) is 59.4 Å². The molecule has 33 heavy (non-hydrogen) atoms. The predicted molar refractivity (Wildman–Crippen MR) is 125 cm³/mol. The van der Waals surface area contributed by atoms with Gasteiger partial charge >= 0.3 is 0 Å². The first-order valence-electron chi connectivity index (χ1n) is 11.6. The van der Waals surface area contributed by atoms with Gasteiger partial charge in [0.25, 0.3) is 5.91 Å². The van der Waals surface area contributed by atoms with Crippen LogP contribution in [0.3, 0.4) is 0 Å². The molecule has 2 aromatic rings. The predicted octanol–water partition coefficient (Wildman–Crippen LogP) is 4.56. The topological polar surface area (TPSA) is 85.2 Å². The minimum absolute atomic E-state index is 0.146. The Hall–Kier alpha value is -3.40. The molecule has 2 amide bonds. The summed E-state index contributed by atoms with van der Waals surface area (Å²) in [6.45, 7) is 2.58. The number of nitrogens with one attached hydrogen (secondary N) is 2. The molecule has 7 heteroatoms. The number of halogens is 1. The Morgan fingerprint density at radius 3 is 2.52 bits per heavy atom. The lowest BCUT2D eigenvalue weighted by atomic mass is 9.82. The van der Waals surface area contributed by atoms with Crippen LogP contribution in [0.1, 0.15) is 61.4 Å². The molecule has 2 N–H and O–H groups in total. The zero-order chi connectivity index (χ0) is 23.4. The van der Waals surface area contributed by atoms with E-state index < -0.39 is 17.4 Å². The van der Waals surface area contributed by atoms with Crippen molar-refractivity contribution in [3.8, 4) is 6.07 Å². The molecule has 0 saturated heterocycles. The van der Waals surface area contributed by atoms with E-state index in [-0.39, 0.29) is 11.8 Å². The molecule has 0 aromatic heterocycles. The molecule has 0 spiro atoms. The Bertz CT molecular complexity index is 1070. The van der Waals surface area contributed by atoms with E-state index >= 15 is 0 Å². The molecule has 1 saturated carbocycles. The second kappa shape index (κ2) is 9.62. The largest absolute Gasteiger partial charge is 0.359 e. The highest BCUT2D eigenvalue weighted by atomic mass is 19.1. The third kappa shape index (κ3) is 4.85. The highest BCUT2D eigenvalue weighted by Gasteiger charge is 2.36. The van der Waals surface area contributed by atoms with Gasteiger partial charge in [-0.05, 0) is 74.6 Å². The van der Waals surface area contributed by atoms with Crippen molar-refractivity contribution in [1.29, 1.82) is 5.26 Å². The lowest BCUT2D eigenvalue weighted by Crippen LogP contribution is -2.55. The van der Waals surface area contributed by atoms with Crippen LogP contribution in [0.15, 0.2) is 42.5 Å². The van der Waals surface area contributed by atoms with Gasteiger partial charge in [0.15, 0.2) is 0 Å². The van der Waals surface area contributed by atoms with Crippen LogP contribution in [0, 0.1) is 17.1 Å². The van der Waals surface area contributed by atoms with Gasteiger partial charge in [-0.2, -0.15) is 5.26 Å². The fourth-order valence-electron chi connectivity index (χ4n) is 4.87. The van der Waals surface area contributed by atoms with E-state index in [1.54, 1.807) is 0 Å². The molecule has 172 valence electrons. The monoisotopic (exact) mass is 448 g/mol. The summed E-state index contributed by atoms with van der Waals surface area (Å²) >= 11 is 0. The summed E-state index contributed by atoms with van der Waals surface area (Å²) in [4.78, 5) is 27.9. The highest BCUT2D eigenvalue weighted by Crippen LogP contribution is 2.35. The average Bonchev–Trinajstić information content (AvgIpc) is 2.84. The van der Waals surface area contributed by atoms with Crippen LogP contribution in [0.2, 0.25) is 0 Å². The van der Waals surface area contributed by atoms with Gasteiger partial charge in [-0.15, -0.1) is 0 Å². The van der Waals surface area contributed by atoms with E-state index in [4.69, 9.17) is 0 Å². The van der Waals surface area contributed by atoms with E-state index in [0.717, 1.165) is 49.9 Å². The molecule has 1 aliphatic carbocycles. The Morgan fingerprint density at radius 2 is 1.82 bits per heavy atom. The minimum atomic E-state index is -0.771. The summed E-state index contributed by atoms with van der Waals surface area (Å²) in [6.07, 6.45) is 6.01. The van der Waals surface area contributed by atoms with E-state index in [0.29, 0.717) is 24.1 Å². The summed E-state index contributed by atoms with van der Waals surface area (Å²) in [5.41, 5.74) is 2.19. The first kappa shape index (κ1) is 22.8. The van der Waals surface area contributed by atoms with Gasteiger partial charge in [-0.1, -0.05) is 25.3 Å². The van der Waals surface area contributed by atoms with Crippen molar-refractivity contribution in [2.24, 2.45) is 0 Å². The molecule has 0 radical (unpaired) electrons. The normalized spacial score (nSPS) is 17.9. The molecule has 1 aliphatic heterocycles. The zero-order valence-electron chi connectivity index (χ0n) is 18.9. The van der Waals surface area contributed by atoms with Gasteiger partial charge in [0.1, 0.15) is 17.4 Å². The lowest BCUT2D eigenvalue weighted by Gasteiger charge is -2.38. The van der Waals surface area contributed by atoms with Crippen molar-refractivity contribution in [2.45, 2.75) is 63.5 Å². The first-order chi connectivity index (χ1) is 15.9. The summed E-state index contributed by atoms with van der Waals surface area (Å²) in [5.74, 6) is -0.843. The maximum atomic E-state index is 13.2. The van der Waals surface area contributed by atoms with Crippen LogP contribution in [-0.2, 0) is 11.2 Å². The second-order valence-corrected chi connectivity index (χ2v) is 8.98. The third-order valence-electron chi connectivity index (χ3n) is 6.77. The molecule has 1 fully saturated rings. The van der Waals surface area contributed by atoms with Crippen LogP contribution >= 0.6 is 0 Å². The van der Waals surface area contributed by atoms with Crippen molar-refractivity contribution < 1.29 is 14.0 Å². The first-order valence-corrected chi connectivity index (χ1v) is 11.6. The summed E-state index contributed by atoms with van der Waals surface area (Å²) in [7, 11) is 0. The SMILES string of the molecule is CC(C(=O)NC1(C#N)CCCCC1)N1CCCc2c(NC(=O)c3ccc(F)cc3)cccc21. The fourth-order valence-corrected chi connectivity index (χ4v) is 4.87. The molecule has 6 nitrogen and oxygen atoms in total. The van der Waals surface area contributed by atoms with Crippen molar-refractivity contribution in [1.82, 2.24) is 5.32 Å². The molecule has 4 rings (SSSR count). The summed E-state index contributed by atoms with van der Waals surface area (Å²) < 4.78 is 13.2. The van der Waals surface area contributed by atoms with Gasteiger partial charge in [0.05, 0.1) is 6.07 Å². The lowest BCUT2D eigenvalue weighted by molar-refractivity contribution is -0.123. The number of nitriles is 1. The molecule has 2 aliphatic rings. The number of rotatable bonds is 5. The maximum absolute atomic E-state index is 13.2. The van der Waals surface area contributed by atoms with Crippen LogP contribution in [0.5, 0.6) is 0 Å². The zero-order valence-corrected chi connectivity index (χ0v) is 18.9. The summed E-state index contributed by atoms with van der Waals surface area (Å²) in [5, 5.41) is 15.7. The molecule has 1 heterocycles. The Kier molecular flexibility index (Phi) is 6.64. The van der Waals surface area contributed by atoms with E-state index in [1.807, 2.05) is 25.1 Å². The van der Waals surface area contributed by atoms with E-state index in [2.05, 4.69) is 21.6 Å². The van der Waals surface area contributed by atoms with Gasteiger partial charge < -0.3 is 15.5 Å². The number of nitrogens with zero attached hydrogens (tertiary/aromatic N) is 2. The molecule has 1 unspecified atom stereocenters. The van der Waals surface area contributed by atoms with Gasteiger partial charge in [0, 0.05) is 23.5 Å². The van der Waals surface area contributed by atoms with Crippen LogP contribution in [0.25, 0.3) is 0 Å². The highest BCUT2D eigenvalue weighted by molar-refractivity contribution is 6.05. The third-order valence-corrected chi connectivity index (χ3v) is 6.77. The number of carbonyl (C=O) groups is 2.